The first-order chi connectivity index (χ1) is 9.58. The van der Waals surface area contributed by atoms with Gasteiger partial charge in [0.05, 0.1) is 11.6 Å². The van der Waals surface area contributed by atoms with E-state index in [0.717, 1.165) is 0 Å². The second-order valence-electron chi connectivity index (χ2n) is 4.21. The molecule has 2 rings (SSSR count). The Labute approximate surface area is 115 Å². The molecule has 20 heavy (non-hydrogen) atoms. The summed E-state index contributed by atoms with van der Waals surface area (Å²) in [6, 6.07) is 10.2. The Morgan fingerprint density at radius 3 is 2.70 bits per heavy atom. The number of hydrogen-bond donors (Lipinski definition) is 1. The third kappa shape index (κ3) is 3.36. The molecule has 1 aromatic heterocycles. The first-order valence-electron chi connectivity index (χ1n) is 5.99. The van der Waals surface area contributed by atoms with Crippen LogP contribution >= 0.6 is 0 Å². The molecule has 6 nitrogen and oxygen atoms in total. The highest BCUT2D eigenvalue weighted by Crippen LogP contribution is 2.14. The van der Waals surface area contributed by atoms with Crippen molar-refractivity contribution in [1.82, 2.24) is 5.16 Å². The monoisotopic (exact) mass is 271 g/mol. The summed E-state index contributed by atoms with van der Waals surface area (Å²) in [5.41, 5.74) is 0.535. The molecular formula is C14H13N3O3. The minimum absolute atomic E-state index is 0.331. The summed E-state index contributed by atoms with van der Waals surface area (Å²) >= 11 is 0. The average Bonchev–Trinajstić information content (AvgIpc) is 2.85. The maximum atomic E-state index is 11.9. The van der Waals surface area contributed by atoms with Gasteiger partial charge in [0.15, 0.2) is 11.9 Å². The van der Waals surface area contributed by atoms with E-state index in [1.807, 2.05) is 6.07 Å². The van der Waals surface area contributed by atoms with Crippen molar-refractivity contribution in [3.8, 4) is 11.8 Å². The molecule has 102 valence electrons. The number of nitrogens with zero attached hydrogens (tertiary/aromatic N) is 2. The Morgan fingerprint density at radius 1 is 1.45 bits per heavy atom. The number of nitriles is 1. The molecule has 1 amide bonds. The van der Waals surface area contributed by atoms with Gasteiger partial charge in [-0.3, -0.25) is 4.79 Å². The highest BCUT2D eigenvalue weighted by atomic mass is 16.5. The number of aryl methyl sites for hydroxylation is 1. The van der Waals surface area contributed by atoms with Crippen molar-refractivity contribution in [3.05, 3.63) is 41.7 Å². The van der Waals surface area contributed by atoms with Gasteiger partial charge in [-0.05, 0) is 38.1 Å². The smallest absolute Gasteiger partial charge is 0.266 e. The third-order valence-corrected chi connectivity index (χ3v) is 2.54. The summed E-state index contributed by atoms with van der Waals surface area (Å²) < 4.78 is 10.3. The molecular weight excluding hydrogens is 258 g/mol. The van der Waals surface area contributed by atoms with E-state index in [-0.39, 0.29) is 5.91 Å². The van der Waals surface area contributed by atoms with E-state index in [0.29, 0.717) is 22.9 Å². The molecule has 0 spiro atoms. The predicted octanol–water partition coefficient (Wildman–Crippen LogP) is 2.26. The van der Waals surface area contributed by atoms with Gasteiger partial charge in [0, 0.05) is 6.07 Å². The first kappa shape index (κ1) is 13.6. The number of benzene rings is 1. The SMILES string of the molecule is Cc1cc(NC(=O)[C@@H](C)Oc2ccc(C#N)cc2)no1. The zero-order valence-electron chi connectivity index (χ0n) is 11.1. The van der Waals surface area contributed by atoms with Gasteiger partial charge in [0.25, 0.3) is 5.91 Å². The topological polar surface area (TPSA) is 88.1 Å². The summed E-state index contributed by atoms with van der Waals surface area (Å²) in [7, 11) is 0. The van der Waals surface area contributed by atoms with Crippen molar-refractivity contribution in [1.29, 1.82) is 5.26 Å². The van der Waals surface area contributed by atoms with Crippen LogP contribution in [0, 0.1) is 18.3 Å². The van der Waals surface area contributed by atoms with E-state index < -0.39 is 6.10 Å². The Hall–Kier alpha value is -2.81. The number of ether oxygens (including phenoxy) is 1. The highest BCUT2D eigenvalue weighted by molar-refractivity contribution is 5.93. The Morgan fingerprint density at radius 2 is 2.15 bits per heavy atom. The quantitative estimate of drug-likeness (QED) is 0.921. The van der Waals surface area contributed by atoms with Crippen LogP contribution in [0.25, 0.3) is 0 Å². The van der Waals surface area contributed by atoms with Crippen LogP contribution in [-0.4, -0.2) is 17.2 Å². The Kier molecular flexibility index (Phi) is 4.01. The number of aromatic nitrogens is 1. The van der Waals surface area contributed by atoms with E-state index in [1.54, 1.807) is 44.2 Å². The molecule has 0 radical (unpaired) electrons. The van der Waals surface area contributed by atoms with Crippen LogP contribution in [0.4, 0.5) is 5.82 Å². The third-order valence-electron chi connectivity index (χ3n) is 2.54. The lowest BCUT2D eigenvalue weighted by Crippen LogP contribution is -2.30. The second-order valence-corrected chi connectivity index (χ2v) is 4.21. The first-order valence-corrected chi connectivity index (χ1v) is 5.99. The summed E-state index contributed by atoms with van der Waals surface area (Å²) in [5.74, 6) is 1.15. The number of carbonyl (C=O) groups excluding carboxylic acids is 1. The molecule has 0 aliphatic heterocycles. The fourth-order valence-electron chi connectivity index (χ4n) is 1.52. The van der Waals surface area contributed by atoms with Gasteiger partial charge in [0.1, 0.15) is 11.5 Å². The zero-order chi connectivity index (χ0) is 14.5. The maximum absolute atomic E-state index is 11.9. The molecule has 0 bridgehead atoms. The fourth-order valence-corrected chi connectivity index (χ4v) is 1.52. The standard InChI is InChI=1S/C14H13N3O3/c1-9-7-13(17-20-9)16-14(18)10(2)19-12-5-3-11(8-15)4-6-12/h3-7,10H,1-2H3,(H,16,17,18)/t10-/m1/s1. The van der Waals surface area contributed by atoms with Crippen LogP contribution in [0.1, 0.15) is 18.2 Å². The van der Waals surface area contributed by atoms with Crippen molar-refractivity contribution < 1.29 is 14.1 Å². The van der Waals surface area contributed by atoms with E-state index in [1.165, 1.54) is 0 Å². The Bertz CT molecular complexity index is 640. The molecule has 6 heteroatoms. The lowest BCUT2D eigenvalue weighted by Gasteiger charge is -2.13. The number of hydrogen-bond acceptors (Lipinski definition) is 5. The second kappa shape index (κ2) is 5.89. The average molecular weight is 271 g/mol. The minimum Gasteiger partial charge on any atom is -0.481 e. The van der Waals surface area contributed by atoms with Crippen LogP contribution in [0.15, 0.2) is 34.9 Å². The maximum Gasteiger partial charge on any atom is 0.266 e. The van der Waals surface area contributed by atoms with Crippen LogP contribution in [0.2, 0.25) is 0 Å². The van der Waals surface area contributed by atoms with E-state index in [2.05, 4.69) is 10.5 Å². The van der Waals surface area contributed by atoms with E-state index in [4.69, 9.17) is 14.5 Å². The predicted molar refractivity (Wildman–Crippen MR) is 71.1 cm³/mol. The lowest BCUT2D eigenvalue weighted by molar-refractivity contribution is -0.122. The van der Waals surface area contributed by atoms with E-state index in [9.17, 15) is 4.79 Å². The largest absolute Gasteiger partial charge is 0.481 e. The van der Waals surface area contributed by atoms with Gasteiger partial charge in [-0.25, -0.2) is 0 Å². The van der Waals surface area contributed by atoms with Crippen molar-refractivity contribution in [2.75, 3.05) is 5.32 Å². The lowest BCUT2D eigenvalue weighted by atomic mass is 10.2. The molecule has 0 saturated heterocycles. The molecule has 1 aromatic carbocycles. The summed E-state index contributed by atoms with van der Waals surface area (Å²) in [6.07, 6.45) is -0.694. The molecule has 0 aliphatic rings. The van der Waals surface area contributed by atoms with Crippen molar-refractivity contribution >= 4 is 11.7 Å². The molecule has 0 unspecified atom stereocenters. The Balaban J connectivity index is 1.95. The summed E-state index contributed by atoms with van der Waals surface area (Å²) in [5, 5.41) is 14.9. The zero-order valence-corrected chi connectivity index (χ0v) is 11.1. The van der Waals surface area contributed by atoms with Crippen LogP contribution < -0.4 is 10.1 Å². The summed E-state index contributed by atoms with van der Waals surface area (Å²) in [6.45, 7) is 3.36. The molecule has 0 saturated carbocycles. The normalized spacial score (nSPS) is 11.4. The number of rotatable bonds is 4. The summed E-state index contributed by atoms with van der Waals surface area (Å²) in [4.78, 5) is 11.9. The van der Waals surface area contributed by atoms with Gasteiger partial charge in [0.2, 0.25) is 0 Å². The fraction of sp³-hybridized carbons (Fsp3) is 0.214. The van der Waals surface area contributed by atoms with E-state index >= 15 is 0 Å². The van der Waals surface area contributed by atoms with Gasteiger partial charge < -0.3 is 14.6 Å². The number of amides is 1. The van der Waals surface area contributed by atoms with Crippen LogP contribution in [0.3, 0.4) is 0 Å². The van der Waals surface area contributed by atoms with Gasteiger partial charge >= 0.3 is 0 Å². The molecule has 2 aromatic rings. The molecule has 0 aliphatic carbocycles. The molecule has 1 heterocycles. The van der Waals surface area contributed by atoms with Gasteiger partial charge in [-0.2, -0.15) is 5.26 Å². The van der Waals surface area contributed by atoms with Gasteiger partial charge in [-0.1, -0.05) is 5.16 Å². The molecule has 1 atom stereocenters. The number of anilines is 1. The van der Waals surface area contributed by atoms with Crippen LogP contribution in [0.5, 0.6) is 5.75 Å². The molecule has 0 fully saturated rings. The number of nitrogens with one attached hydrogen (secondary N) is 1. The van der Waals surface area contributed by atoms with Crippen molar-refractivity contribution in [2.24, 2.45) is 0 Å². The van der Waals surface area contributed by atoms with Gasteiger partial charge in [-0.15, -0.1) is 0 Å². The van der Waals surface area contributed by atoms with Crippen LogP contribution in [-0.2, 0) is 4.79 Å². The number of carbonyl (C=O) groups is 1. The van der Waals surface area contributed by atoms with Crippen molar-refractivity contribution in [2.45, 2.75) is 20.0 Å². The minimum atomic E-state index is -0.694. The van der Waals surface area contributed by atoms with Crippen molar-refractivity contribution in [3.63, 3.8) is 0 Å². The highest BCUT2D eigenvalue weighted by Gasteiger charge is 2.16. The molecule has 1 N–H and O–H groups in total.